The van der Waals surface area contributed by atoms with Gasteiger partial charge in [0, 0.05) is 31.9 Å². The molecule has 3 rings (SSSR count). The van der Waals surface area contributed by atoms with Crippen molar-refractivity contribution in [3.05, 3.63) is 30.3 Å². The lowest BCUT2D eigenvalue weighted by Crippen LogP contribution is -2.35. The summed E-state index contributed by atoms with van der Waals surface area (Å²) in [6.07, 6.45) is 0. The standard InChI is InChI=1S/C13H17N3O/c17-13(15-12-4-2-1-3-5-12)16-8-10-6-14-7-11(10)9-16/h1-5,10-11,14H,6-9H2,(H,15,17). The summed E-state index contributed by atoms with van der Waals surface area (Å²) in [5.41, 5.74) is 0.868. The van der Waals surface area contributed by atoms with Crippen molar-refractivity contribution in [1.29, 1.82) is 0 Å². The molecule has 0 radical (unpaired) electrons. The third kappa shape index (κ3) is 2.13. The topological polar surface area (TPSA) is 44.4 Å². The first-order valence-corrected chi connectivity index (χ1v) is 6.14. The summed E-state index contributed by atoms with van der Waals surface area (Å²) >= 11 is 0. The van der Waals surface area contributed by atoms with Gasteiger partial charge in [-0.05, 0) is 24.0 Å². The third-order valence-electron chi connectivity index (χ3n) is 3.70. The Morgan fingerprint density at radius 1 is 1.18 bits per heavy atom. The smallest absolute Gasteiger partial charge is 0.321 e. The largest absolute Gasteiger partial charge is 0.324 e. The minimum atomic E-state index is 0.0330. The number of hydrogen-bond donors (Lipinski definition) is 2. The van der Waals surface area contributed by atoms with E-state index in [1.165, 1.54) is 0 Å². The van der Waals surface area contributed by atoms with Gasteiger partial charge >= 0.3 is 6.03 Å². The van der Waals surface area contributed by atoms with Crippen molar-refractivity contribution in [2.24, 2.45) is 11.8 Å². The van der Waals surface area contributed by atoms with Crippen LogP contribution in [0.15, 0.2) is 30.3 Å². The van der Waals surface area contributed by atoms with Gasteiger partial charge in [-0.3, -0.25) is 0 Å². The molecule has 2 aliphatic rings. The van der Waals surface area contributed by atoms with E-state index in [1.807, 2.05) is 35.2 Å². The van der Waals surface area contributed by atoms with E-state index in [4.69, 9.17) is 0 Å². The lowest BCUT2D eigenvalue weighted by atomic mass is 10.0. The summed E-state index contributed by atoms with van der Waals surface area (Å²) in [6.45, 7) is 3.88. The molecule has 17 heavy (non-hydrogen) atoms. The Balaban J connectivity index is 1.61. The predicted octanol–water partition coefficient (Wildman–Crippen LogP) is 1.37. The fourth-order valence-electron chi connectivity index (χ4n) is 2.75. The molecule has 0 aliphatic carbocycles. The molecule has 1 aromatic carbocycles. The molecular formula is C13H17N3O. The van der Waals surface area contributed by atoms with Crippen LogP contribution in [0, 0.1) is 11.8 Å². The number of hydrogen-bond acceptors (Lipinski definition) is 2. The highest BCUT2D eigenvalue weighted by Crippen LogP contribution is 2.26. The fourth-order valence-corrected chi connectivity index (χ4v) is 2.75. The Kier molecular flexibility index (Phi) is 2.73. The summed E-state index contributed by atoms with van der Waals surface area (Å²) in [6, 6.07) is 9.66. The maximum atomic E-state index is 12.0. The van der Waals surface area contributed by atoms with E-state index in [1.54, 1.807) is 0 Å². The first-order chi connectivity index (χ1) is 8.33. The first kappa shape index (κ1) is 10.6. The number of para-hydroxylation sites is 1. The average molecular weight is 231 g/mol. The van der Waals surface area contributed by atoms with Crippen LogP contribution in [0.5, 0.6) is 0 Å². The number of urea groups is 1. The molecule has 2 heterocycles. The van der Waals surface area contributed by atoms with Crippen molar-refractivity contribution in [2.45, 2.75) is 0 Å². The summed E-state index contributed by atoms with van der Waals surface area (Å²) in [7, 11) is 0. The zero-order valence-electron chi connectivity index (χ0n) is 9.73. The van der Waals surface area contributed by atoms with Crippen molar-refractivity contribution in [3.63, 3.8) is 0 Å². The molecule has 2 saturated heterocycles. The number of anilines is 1. The lowest BCUT2D eigenvalue weighted by molar-refractivity contribution is 0.219. The number of carbonyl (C=O) groups is 1. The molecule has 4 heteroatoms. The van der Waals surface area contributed by atoms with Gasteiger partial charge in [-0.2, -0.15) is 0 Å². The maximum Gasteiger partial charge on any atom is 0.321 e. The highest BCUT2D eigenvalue weighted by Gasteiger charge is 2.37. The second-order valence-corrected chi connectivity index (χ2v) is 4.88. The van der Waals surface area contributed by atoms with Crippen molar-refractivity contribution in [1.82, 2.24) is 10.2 Å². The molecule has 1 aromatic rings. The van der Waals surface area contributed by atoms with E-state index in [-0.39, 0.29) is 6.03 Å². The van der Waals surface area contributed by atoms with Gasteiger partial charge in [-0.15, -0.1) is 0 Å². The quantitative estimate of drug-likeness (QED) is 0.766. The molecule has 2 fully saturated rings. The minimum absolute atomic E-state index is 0.0330. The van der Waals surface area contributed by atoms with Crippen LogP contribution in [0.25, 0.3) is 0 Å². The van der Waals surface area contributed by atoms with Gasteiger partial charge < -0.3 is 15.5 Å². The van der Waals surface area contributed by atoms with E-state index in [9.17, 15) is 4.79 Å². The molecule has 2 N–H and O–H groups in total. The Morgan fingerprint density at radius 3 is 2.47 bits per heavy atom. The Labute approximate surface area is 101 Å². The van der Waals surface area contributed by atoms with Gasteiger partial charge in [-0.25, -0.2) is 4.79 Å². The van der Waals surface area contributed by atoms with Crippen LogP contribution in [-0.2, 0) is 0 Å². The van der Waals surface area contributed by atoms with E-state index < -0.39 is 0 Å². The zero-order chi connectivity index (χ0) is 11.7. The molecule has 4 nitrogen and oxygen atoms in total. The van der Waals surface area contributed by atoms with Crippen LogP contribution in [0.3, 0.4) is 0 Å². The van der Waals surface area contributed by atoms with Crippen LogP contribution in [0.2, 0.25) is 0 Å². The van der Waals surface area contributed by atoms with Crippen molar-refractivity contribution in [2.75, 3.05) is 31.5 Å². The molecule has 0 spiro atoms. The van der Waals surface area contributed by atoms with Gasteiger partial charge in [0.25, 0.3) is 0 Å². The Morgan fingerprint density at radius 2 is 1.82 bits per heavy atom. The number of nitrogens with zero attached hydrogens (tertiary/aromatic N) is 1. The predicted molar refractivity (Wildman–Crippen MR) is 66.9 cm³/mol. The minimum Gasteiger partial charge on any atom is -0.324 e. The fraction of sp³-hybridized carbons (Fsp3) is 0.462. The van der Waals surface area contributed by atoms with Crippen LogP contribution < -0.4 is 10.6 Å². The Hall–Kier alpha value is -1.55. The molecular weight excluding hydrogens is 214 g/mol. The number of carbonyl (C=O) groups excluding carboxylic acids is 1. The Bertz CT molecular complexity index is 394. The highest BCUT2D eigenvalue weighted by molar-refractivity contribution is 5.89. The number of likely N-dealkylation sites (tertiary alicyclic amines) is 1. The molecule has 90 valence electrons. The number of rotatable bonds is 1. The molecule has 2 amide bonds. The van der Waals surface area contributed by atoms with Gasteiger partial charge in [0.2, 0.25) is 0 Å². The van der Waals surface area contributed by atoms with E-state index in [0.717, 1.165) is 31.9 Å². The van der Waals surface area contributed by atoms with E-state index >= 15 is 0 Å². The van der Waals surface area contributed by atoms with Crippen LogP contribution in [0.4, 0.5) is 10.5 Å². The molecule has 2 aliphatic heterocycles. The summed E-state index contributed by atoms with van der Waals surface area (Å²) in [5.74, 6) is 1.30. The second kappa shape index (κ2) is 4.37. The van der Waals surface area contributed by atoms with Gasteiger partial charge in [0.05, 0.1) is 0 Å². The van der Waals surface area contributed by atoms with Crippen molar-refractivity contribution < 1.29 is 4.79 Å². The van der Waals surface area contributed by atoms with Gasteiger partial charge in [0.1, 0.15) is 0 Å². The van der Waals surface area contributed by atoms with Crippen LogP contribution in [0.1, 0.15) is 0 Å². The summed E-state index contributed by atoms with van der Waals surface area (Å²) in [4.78, 5) is 14.0. The molecule has 0 saturated carbocycles. The monoisotopic (exact) mass is 231 g/mol. The van der Waals surface area contributed by atoms with Crippen molar-refractivity contribution >= 4 is 11.7 Å². The first-order valence-electron chi connectivity index (χ1n) is 6.14. The zero-order valence-corrected chi connectivity index (χ0v) is 9.73. The second-order valence-electron chi connectivity index (χ2n) is 4.88. The third-order valence-corrected chi connectivity index (χ3v) is 3.70. The highest BCUT2D eigenvalue weighted by atomic mass is 16.2. The molecule has 2 atom stereocenters. The number of amides is 2. The van der Waals surface area contributed by atoms with E-state index in [0.29, 0.717) is 11.8 Å². The number of fused-ring (bicyclic) bond motifs is 1. The average Bonchev–Trinajstić information content (AvgIpc) is 2.90. The normalized spacial score (nSPS) is 26.9. The summed E-state index contributed by atoms with van der Waals surface area (Å²) < 4.78 is 0. The van der Waals surface area contributed by atoms with Crippen molar-refractivity contribution in [3.8, 4) is 0 Å². The molecule has 2 unspecified atom stereocenters. The van der Waals surface area contributed by atoms with E-state index in [2.05, 4.69) is 10.6 Å². The van der Waals surface area contributed by atoms with Gasteiger partial charge in [0.15, 0.2) is 0 Å². The molecule has 0 aromatic heterocycles. The molecule has 0 bridgehead atoms. The maximum absolute atomic E-state index is 12.0. The van der Waals surface area contributed by atoms with Gasteiger partial charge in [-0.1, -0.05) is 18.2 Å². The van der Waals surface area contributed by atoms with Crippen LogP contribution >= 0.6 is 0 Å². The van der Waals surface area contributed by atoms with Crippen LogP contribution in [-0.4, -0.2) is 37.1 Å². The lowest BCUT2D eigenvalue weighted by Gasteiger charge is -2.18. The SMILES string of the molecule is O=C(Nc1ccccc1)N1CC2CNCC2C1. The summed E-state index contributed by atoms with van der Waals surface area (Å²) in [5, 5.41) is 6.31. The number of benzene rings is 1. The number of nitrogens with one attached hydrogen (secondary N) is 2.